The van der Waals surface area contributed by atoms with Crippen molar-refractivity contribution in [3.05, 3.63) is 17.7 Å². The zero-order valence-electron chi connectivity index (χ0n) is 7.43. The maximum atomic E-state index is 5.57. The molecule has 1 aromatic rings. The standard InChI is InChI=1S/C9H15N3/c1-7-8(12-6-11-7)9(2-3-9)4-5-10/h6H,2-5,10H2,1H3,(H,11,12). The smallest absolute Gasteiger partial charge is 0.0925 e. The van der Waals surface area contributed by atoms with E-state index >= 15 is 0 Å². The van der Waals surface area contributed by atoms with Crippen molar-refractivity contribution in [3.8, 4) is 0 Å². The summed E-state index contributed by atoms with van der Waals surface area (Å²) in [6, 6.07) is 0. The zero-order chi connectivity index (χ0) is 8.60. The Hall–Kier alpha value is -0.830. The second kappa shape index (κ2) is 2.59. The molecule has 66 valence electrons. The van der Waals surface area contributed by atoms with Gasteiger partial charge in [-0.2, -0.15) is 0 Å². The van der Waals surface area contributed by atoms with Crippen molar-refractivity contribution >= 4 is 0 Å². The molecule has 3 N–H and O–H groups in total. The molecule has 2 rings (SSSR count). The molecule has 0 unspecified atom stereocenters. The van der Waals surface area contributed by atoms with Gasteiger partial charge in [0.15, 0.2) is 0 Å². The molecular formula is C9H15N3. The van der Waals surface area contributed by atoms with Crippen LogP contribution in [0, 0.1) is 6.92 Å². The van der Waals surface area contributed by atoms with Gasteiger partial charge >= 0.3 is 0 Å². The van der Waals surface area contributed by atoms with Gasteiger partial charge in [0.05, 0.1) is 12.0 Å². The van der Waals surface area contributed by atoms with E-state index in [1.54, 1.807) is 6.33 Å². The van der Waals surface area contributed by atoms with E-state index in [9.17, 15) is 0 Å². The first-order chi connectivity index (χ1) is 5.78. The molecule has 1 aliphatic carbocycles. The van der Waals surface area contributed by atoms with E-state index < -0.39 is 0 Å². The van der Waals surface area contributed by atoms with Gasteiger partial charge < -0.3 is 10.7 Å². The Morgan fingerprint density at radius 1 is 1.67 bits per heavy atom. The summed E-state index contributed by atoms with van der Waals surface area (Å²) in [4.78, 5) is 7.48. The number of aryl methyl sites for hydroxylation is 1. The van der Waals surface area contributed by atoms with Crippen LogP contribution in [0.15, 0.2) is 6.33 Å². The summed E-state index contributed by atoms with van der Waals surface area (Å²) in [6.45, 7) is 2.85. The summed E-state index contributed by atoms with van der Waals surface area (Å²) in [5.74, 6) is 0. The van der Waals surface area contributed by atoms with E-state index in [0.717, 1.165) is 13.0 Å². The first-order valence-corrected chi connectivity index (χ1v) is 4.49. The molecule has 12 heavy (non-hydrogen) atoms. The lowest BCUT2D eigenvalue weighted by Gasteiger charge is -2.11. The van der Waals surface area contributed by atoms with Crippen LogP contribution < -0.4 is 5.73 Å². The number of hydrogen-bond acceptors (Lipinski definition) is 2. The SMILES string of the molecule is Cc1[nH]cnc1C1(CCN)CC1. The lowest BCUT2D eigenvalue weighted by Crippen LogP contribution is -2.14. The summed E-state index contributed by atoms with van der Waals surface area (Å²) in [6.07, 6.45) is 5.38. The zero-order valence-corrected chi connectivity index (χ0v) is 7.43. The summed E-state index contributed by atoms with van der Waals surface area (Å²) in [5, 5.41) is 0. The Bertz CT molecular complexity index is 273. The van der Waals surface area contributed by atoms with Crippen LogP contribution in [-0.4, -0.2) is 16.5 Å². The number of H-pyrrole nitrogens is 1. The van der Waals surface area contributed by atoms with Crippen molar-refractivity contribution in [3.63, 3.8) is 0 Å². The van der Waals surface area contributed by atoms with Crippen LogP contribution >= 0.6 is 0 Å². The summed E-state index contributed by atoms with van der Waals surface area (Å²) in [5.41, 5.74) is 8.37. The molecule has 0 spiro atoms. The van der Waals surface area contributed by atoms with E-state index in [4.69, 9.17) is 5.73 Å². The van der Waals surface area contributed by atoms with Crippen molar-refractivity contribution in [1.82, 2.24) is 9.97 Å². The second-order valence-electron chi connectivity index (χ2n) is 3.70. The van der Waals surface area contributed by atoms with Gasteiger partial charge in [0.2, 0.25) is 0 Å². The van der Waals surface area contributed by atoms with E-state index in [0.29, 0.717) is 5.41 Å². The topological polar surface area (TPSA) is 54.7 Å². The molecule has 0 aliphatic heterocycles. The predicted octanol–water partition coefficient (Wildman–Crippen LogP) is 1.10. The minimum absolute atomic E-state index is 0.346. The van der Waals surface area contributed by atoms with Crippen molar-refractivity contribution < 1.29 is 0 Å². The van der Waals surface area contributed by atoms with Gasteiger partial charge in [-0.1, -0.05) is 0 Å². The molecule has 1 saturated carbocycles. The lowest BCUT2D eigenvalue weighted by molar-refractivity contribution is 0.609. The molecule has 3 nitrogen and oxygen atoms in total. The van der Waals surface area contributed by atoms with E-state index in [1.165, 1.54) is 24.2 Å². The third-order valence-electron chi connectivity index (χ3n) is 2.81. The Morgan fingerprint density at radius 2 is 2.42 bits per heavy atom. The van der Waals surface area contributed by atoms with Crippen LogP contribution in [0.1, 0.15) is 30.7 Å². The Labute approximate surface area is 72.4 Å². The van der Waals surface area contributed by atoms with E-state index in [1.807, 2.05) is 0 Å². The fraction of sp³-hybridized carbons (Fsp3) is 0.667. The number of nitrogens with two attached hydrogens (primary N) is 1. The Kier molecular flexibility index (Phi) is 1.68. The van der Waals surface area contributed by atoms with Crippen LogP contribution in [0.3, 0.4) is 0 Å². The third-order valence-corrected chi connectivity index (χ3v) is 2.81. The van der Waals surface area contributed by atoms with Gasteiger partial charge in [0.25, 0.3) is 0 Å². The summed E-state index contributed by atoms with van der Waals surface area (Å²) in [7, 11) is 0. The normalized spacial score (nSPS) is 19.5. The third kappa shape index (κ3) is 1.05. The maximum absolute atomic E-state index is 5.57. The molecule has 1 aromatic heterocycles. The molecule has 1 fully saturated rings. The highest BCUT2D eigenvalue weighted by atomic mass is 14.9. The van der Waals surface area contributed by atoms with Crippen molar-refractivity contribution in [1.29, 1.82) is 0 Å². The fourth-order valence-electron chi connectivity index (χ4n) is 1.93. The van der Waals surface area contributed by atoms with E-state index in [-0.39, 0.29) is 0 Å². The van der Waals surface area contributed by atoms with Gasteiger partial charge in [-0.3, -0.25) is 0 Å². The van der Waals surface area contributed by atoms with Crippen molar-refractivity contribution in [2.24, 2.45) is 5.73 Å². The quantitative estimate of drug-likeness (QED) is 0.704. The molecule has 0 bridgehead atoms. The van der Waals surface area contributed by atoms with Gasteiger partial charge in [0.1, 0.15) is 0 Å². The second-order valence-corrected chi connectivity index (χ2v) is 3.70. The first-order valence-electron chi connectivity index (χ1n) is 4.49. The Balaban J connectivity index is 2.24. The van der Waals surface area contributed by atoms with Crippen LogP contribution in [0.25, 0.3) is 0 Å². The number of hydrogen-bond donors (Lipinski definition) is 2. The average Bonchev–Trinajstić information content (AvgIpc) is 2.68. The number of aromatic amines is 1. The molecule has 0 atom stereocenters. The Morgan fingerprint density at radius 3 is 2.83 bits per heavy atom. The number of nitrogens with one attached hydrogen (secondary N) is 1. The van der Waals surface area contributed by atoms with Gasteiger partial charge in [-0.15, -0.1) is 0 Å². The molecule has 0 amide bonds. The summed E-state index contributed by atoms with van der Waals surface area (Å²) < 4.78 is 0. The molecular weight excluding hydrogens is 150 g/mol. The first kappa shape index (κ1) is 7.80. The largest absolute Gasteiger partial charge is 0.348 e. The average molecular weight is 165 g/mol. The minimum atomic E-state index is 0.346. The van der Waals surface area contributed by atoms with Crippen molar-refractivity contribution in [2.75, 3.05) is 6.54 Å². The number of rotatable bonds is 3. The molecule has 0 radical (unpaired) electrons. The lowest BCUT2D eigenvalue weighted by atomic mass is 9.97. The number of imidazole rings is 1. The summed E-state index contributed by atoms with van der Waals surface area (Å²) >= 11 is 0. The van der Waals surface area contributed by atoms with Crippen LogP contribution in [0.2, 0.25) is 0 Å². The van der Waals surface area contributed by atoms with E-state index in [2.05, 4.69) is 16.9 Å². The monoisotopic (exact) mass is 165 g/mol. The molecule has 1 heterocycles. The number of nitrogens with zero attached hydrogens (tertiary/aromatic N) is 1. The molecule has 3 heteroatoms. The number of aromatic nitrogens is 2. The fourth-order valence-corrected chi connectivity index (χ4v) is 1.93. The van der Waals surface area contributed by atoms with Crippen LogP contribution in [0.4, 0.5) is 0 Å². The highest BCUT2D eigenvalue weighted by molar-refractivity contribution is 5.27. The van der Waals surface area contributed by atoms with Gasteiger partial charge in [-0.05, 0) is 32.7 Å². The minimum Gasteiger partial charge on any atom is -0.348 e. The molecule has 1 aliphatic rings. The van der Waals surface area contributed by atoms with Crippen LogP contribution in [0.5, 0.6) is 0 Å². The molecule has 0 aromatic carbocycles. The predicted molar refractivity (Wildman–Crippen MR) is 47.9 cm³/mol. The van der Waals surface area contributed by atoms with Gasteiger partial charge in [0, 0.05) is 11.1 Å². The highest BCUT2D eigenvalue weighted by Gasteiger charge is 2.45. The van der Waals surface area contributed by atoms with Gasteiger partial charge in [-0.25, -0.2) is 4.98 Å². The van der Waals surface area contributed by atoms with Crippen LogP contribution in [-0.2, 0) is 5.41 Å². The molecule has 0 saturated heterocycles. The maximum Gasteiger partial charge on any atom is 0.0925 e. The highest BCUT2D eigenvalue weighted by Crippen LogP contribution is 2.50. The van der Waals surface area contributed by atoms with Crippen molar-refractivity contribution in [2.45, 2.75) is 31.6 Å².